The lowest BCUT2D eigenvalue weighted by Crippen LogP contribution is -2.34. The summed E-state index contributed by atoms with van der Waals surface area (Å²) in [6.45, 7) is 2.03. The van der Waals surface area contributed by atoms with Crippen LogP contribution in [0.15, 0.2) is 36.8 Å². The molecule has 0 spiro atoms. The van der Waals surface area contributed by atoms with Gasteiger partial charge in [-0.05, 0) is 47.2 Å². The molecule has 0 bridgehead atoms. The highest BCUT2D eigenvalue weighted by atomic mass is 19.1. The van der Waals surface area contributed by atoms with Gasteiger partial charge >= 0.3 is 12.2 Å². The number of rotatable bonds is 5. The molecule has 31 heavy (non-hydrogen) atoms. The molecule has 1 aliphatic heterocycles. The van der Waals surface area contributed by atoms with Gasteiger partial charge in [-0.25, -0.2) is 19.0 Å². The molecule has 1 saturated heterocycles. The average Bonchev–Trinajstić information content (AvgIpc) is 3.43. The van der Waals surface area contributed by atoms with Gasteiger partial charge in [-0.3, -0.25) is 4.90 Å². The standard InChI is InChI=1S/C19H18FN7O4/c1-11-5-14(12-3-4-17(21-7-12)27-10-23-24-25-27)15(20)6-16(11)26-9-13(31-19(26)29)8-22-18(28)30-2/h3-7,10,13H,8-9H2,1-2H3,(H,22,28). The van der Waals surface area contributed by atoms with Crippen LogP contribution in [0.2, 0.25) is 0 Å². The zero-order valence-corrected chi connectivity index (χ0v) is 16.6. The molecule has 1 unspecified atom stereocenters. The molecule has 2 aromatic heterocycles. The van der Waals surface area contributed by atoms with E-state index in [9.17, 15) is 14.0 Å². The first-order valence-electron chi connectivity index (χ1n) is 9.26. The van der Waals surface area contributed by atoms with Crippen molar-refractivity contribution in [3.8, 4) is 16.9 Å². The third-order valence-electron chi connectivity index (χ3n) is 4.75. The van der Waals surface area contributed by atoms with Crippen LogP contribution in [0.1, 0.15) is 5.56 Å². The van der Waals surface area contributed by atoms with E-state index in [4.69, 9.17) is 4.74 Å². The molecule has 1 fully saturated rings. The summed E-state index contributed by atoms with van der Waals surface area (Å²) in [6, 6.07) is 6.31. The molecule has 4 rings (SSSR count). The van der Waals surface area contributed by atoms with Gasteiger partial charge in [0.1, 0.15) is 18.2 Å². The maximum absolute atomic E-state index is 14.9. The number of hydrogen-bond donors (Lipinski definition) is 1. The van der Waals surface area contributed by atoms with Gasteiger partial charge in [0.25, 0.3) is 0 Å². The Labute approximate surface area is 175 Å². The van der Waals surface area contributed by atoms with Gasteiger partial charge in [-0.1, -0.05) is 0 Å². The maximum atomic E-state index is 14.9. The van der Waals surface area contributed by atoms with Crippen LogP contribution in [0.4, 0.5) is 19.7 Å². The van der Waals surface area contributed by atoms with Crippen molar-refractivity contribution in [2.24, 2.45) is 0 Å². The summed E-state index contributed by atoms with van der Waals surface area (Å²) >= 11 is 0. The van der Waals surface area contributed by atoms with Crippen molar-refractivity contribution in [3.05, 3.63) is 48.2 Å². The Morgan fingerprint density at radius 3 is 2.90 bits per heavy atom. The lowest BCUT2D eigenvalue weighted by Gasteiger charge is -2.17. The Morgan fingerprint density at radius 2 is 2.23 bits per heavy atom. The Morgan fingerprint density at radius 1 is 1.39 bits per heavy atom. The summed E-state index contributed by atoms with van der Waals surface area (Å²) in [7, 11) is 1.24. The van der Waals surface area contributed by atoms with Crippen molar-refractivity contribution in [2.45, 2.75) is 13.0 Å². The van der Waals surface area contributed by atoms with Crippen molar-refractivity contribution >= 4 is 17.9 Å². The van der Waals surface area contributed by atoms with Gasteiger partial charge in [0.2, 0.25) is 0 Å². The molecule has 0 aliphatic carbocycles. The number of benzene rings is 1. The van der Waals surface area contributed by atoms with Crippen LogP contribution in [0.25, 0.3) is 16.9 Å². The summed E-state index contributed by atoms with van der Waals surface area (Å²) < 4.78 is 26.1. The Kier molecular flexibility index (Phi) is 5.43. The van der Waals surface area contributed by atoms with E-state index >= 15 is 0 Å². The largest absolute Gasteiger partial charge is 0.453 e. The van der Waals surface area contributed by atoms with Crippen LogP contribution in [0, 0.1) is 12.7 Å². The van der Waals surface area contributed by atoms with Crippen molar-refractivity contribution in [1.29, 1.82) is 0 Å². The highest BCUT2D eigenvalue weighted by Gasteiger charge is 2.34. The molecule has 160 valence electrons. The summed E-state index contributed by atoms with van der Waals surface area (Å²) in [5, 5.41) is 13.3. The Hall–Kier alpha value is -4.09. The molecule has 1 aliphatic rings. The van der Waals surface area contributed by atoms with Gasteiger partial charge in [0.05, 0.1) is 25.9 Å². The molecule has 1 atom stereocenters. The van der Waals surface area contributed by atoms with E-state index < -0.39 is 24.1 Å². The van der Waals surface area contributed by atoms with Crippen molar-refractivity contribution < 1.29 is 23.5 Å². The molecule has 3 aromatic rings. The molecule has 1 N–H and O–H groups in total. The first-order chi connectivity index (χ1) is 15.0. The average molecular weight is 427 g/mol. The summed E-state index contributed by atoms with van der Waals surface area (Å²) in [4.78, 5) is 29.1. The lowest BCUT2D eigenvalue weighted by molar-refractivity contribution is 0.132. The second-order valence-electron chi connectivity index (χ2n) is 6.77. The number of halogens is 1. The Balaban J connectivity index is 1.53. The van der Waals surface area contributed by atoms with Crippen LogP contribution >= 0.6 is 0 Å². The highest BCUT2D eigenvalue weighted by Crippen LogP contribution is 2.32. The van der Waals surface area contributed by atoms with Crippen LogP contribution in [0.3, 0.4) is 0 Å². The number of tetrazole rings is 1. The molecule has 0 radical (unpaired) electrons. The molecule has 11 nitrogen and oxygen atoms in total. The minimum atomic E-state index is -0.624. The number of methoxy groups -OCH3 is 1. The number of alkyl carbamates (subject to hydrolysis) is 1. The third-order valence-corrected chi connectivity index (χ3v) is 4.75. The van der Waals surface area contributed by atoms with Crippen molar-refractivity contribution in [1.82, 2.24) is 30.5 Å². The number of amides is 2. The quantitative estimate of drug-likeness (QED) is 0.654. The van der Waals surface area contributed by atoms with E-state index in [1.54, 1.807) is 25.1 Å². The number of anilines is 1. The monoisotopic (exact) mass is 427 g/mol. The summed E-state index contributed by atoms with van der Waals surface area (Å²) in [5.74, 6) is -0.0181. The van der Waals surface area contributed by atoms with Crippen LogP contribution in [0.5, 0.6) is 0 Å². The van der Waals surface area contributed by atoms with Gasteiger partial charge in [0.15, 0.2) is 5.82 Å². The zero-order valence-electron chi connectivity index (χ0n) is 16.6. The van der Waals surface area contributed by atoms with Crippen molar-refractivity contribution in [2.75, 3.05) is 25.1 Å². The fourth-order valence-electron chi connectivity index (χ4n) is 3.22. The van der Waals surface area contributed by atoms with Crippen LogP contribution < -0.4 is 10.2 Å². The molecule has 1 aromatic carbocycles. The first kappa shape index (κ1) is 20.2. The van der Waals surface area contributed by atoms with Crippen molar-refractivity contribution in [3.63, 3.8) is 0 Å². The van der Waals surface area contributed by atoms with Gasteiger partial charge in [-0.2, -0.15) is 4.68 Å². The molecule has 2 amide bonds. The van der Waals surface area contributed by atoms with Crippen LogP contribution in [-0.4, -0.2) is 63.7 Å². The number of aryl methyl sites for hydroxylation is 1. The molecule has 12 heteroatoms. The number of hydrogen-bond acceptors (Lipinski definition) is 8. The van der Waals surface area contributed by atoms with Crippen LogP contribution in [-0.2, 0) is 9.47 Å². The minimum Gasteiger partial charge on any atom is -0.453 e. The number of pyridine rings is 1. The number of carbonyl (C=O) groups is 2. The Bertz CT molecular complexity index is 1110. The highest BCUT2D eigenvalue weighted by molar-refractivity contribution is 5.91. The van der Waals surface area contributed by atoms with E-state index in [-0.39, 0.29) is 13.1 Å². The summed E-state index contributed by atoms with van der Waals surface area (Å²) in [5.41, 5.74) is 1.98. The third kappa shape index (κ3) is 4.13. The predicted octanol–water partition coefficient (Wildman–Crippen LogP) is 1.85. The van der Waals surface area contributed by atoms with E-state index in [1.807, 2.05) is 0 Å². The van der Waals surface area contributed by atoms with Gasteiger partial charge in [-0.15, -0.1) is 5.10 Å². The van der Waals surface area contributed by atoms with E-state index in [0.29, 0.717) is 28.2 Å². The van der Waals surface area contributed by atoms with Gasteiger partial charge in [0, 0.05) is 17.3 Å². The summed E-state index contributed by atoms with van der Waals surface area (Å²) in [6.07, 6.45) is 1.12. The second-order valence-corrected chi connectivity index (χ2v) is 6.77. The van der Waals surface area contributed by atoms with E-state index in [1.165, 1.54) is 35.3 Å². The van der Waals surface area contributed by atoms with E-state index in [2.05, 4.69) is 30.6 Å². The first-order valence-corrected chi connectivity index (χ1v) is 9.26. The number of ether oxygens (including phenoxy) is 2. The number of nitrogens with one attached hydrogen (secondary N) is 1. The van der Waals surface area contributed by atoms with Gasteiger partial charge < -0.3 is 14.8 Å². The fraction of sp³-hybridized carbons (Fsp3) is 0.263. The normalized spacial score (nSPS) is 15.6. The smallest absolute Gasteiger partial charge is 0.414 e. The molecule has 3 heterocycles. The number of nitrogens with zero attached hydrogens (tertiary/aromatic N) is 6. The molecular formula is C19H18FN7O4. The number of aromatic nitrogens is 5. The molecular weight excluding hydrogens is 409 g/mol. The second kappa shape index (κ2) is 8.34. The number of cyclic esters (lactones) is 1. The lowest BCUT2D eigenvalue weighted by atomic mass is 10.0. The maximum Gasteiger partial charge on any atom is 0.414 e. The molecule has 0 saturated carbocycles. The topological polar surface area (TPSA) is 124 Å². The number of carbonyl (C=O) groups excluding carboxylic acids is 2. The predicted molar refractivity (Wildman–Crippen MR) is 105 cm³/mol. The SMILES string of the molecule is COC(=O)NCC1CN(c2cc(F)c(-c3ccc(-n4cnnn4)nc3)cc2C)C(=O)O1. The van der Waals surface area contributed by atoms with E-state index in [0.717, 1.165) is 0 Å². The fourth-order valence-corrected chi connectivity index (χ4v) is 3.22. The minimum absolute atomic E-state index is 0.0911. The zero-order chi connectivity index (χ0) is 22.0.